The summed E-state index contributed by atoms with van der Waals surface area (Å²) >= 11 is 0. The lowest BCUT2D eigenvalue weighted by atomic mass is 9.72. The summed E-state index contributed by atoms with van der Waals surface area (Å²) in [6, 6.07) is 10.6. The molecule has 2 fully saturated rings. The van der Waals surface area contributed by atoms with E-state index in [1.54, 1.807) is 0 Å². The average Bonchev–Trinajstić information content (AvgIpc) is 3.15. The van der Waals surface area contributed by atoms with Gasteiger partial charge in [-0.15, -0.1) is 0 Å². The van der Waals surface area contributed by atoms with Gasteiger partial charge >= 0.3 is 0 Å². The highest BCUT2D eigenvalue weighted by atomic mass is 16.5. The predicted octanol–water partition coefficient (Wildman–Crippen LogP) is 4.02. The van der Waals surface area contributed by atoms with E-state index in [4.69, 9.17) is 4.52 Å². The maximum absolute atomic E-state index is 12.9. The second-order valence-corrected chi connectivity index (χ2v) is 8.14. The van der Waals surface area contributed by atoms with Crippen LogP contribution in [0.5, 0.6) is 0 Å². The number of benzene rings is 1. The van der Waals surface area contributed by atoms with Crippen molar-refractivity contribution in [1.82, 2.24) is 15.0 Å². The van der Waals surface area contributed by atoms with Crippen LogP contribution in [0.1, 0.15) is 62.7 Å². The first-order chi connectivity index (χ1) is 13.2. The van der Waals surface area contributed by atoms with Crippen LogP contribution >= 0.6 is 0 Å². The number of hydrogen-bond acceptors (Lipinski definition) is 4. The summed E-state index contributed by atoms with van der Waals surface area (Å²) in [5.41, 5.74) is 1.16. The fraction of sp³-hybridized carbons (Fsp3) is 0.591. The number of fused-ring (bicyclic) bond motifs is 1. The van der Waals surface area contributed by atoms with Crippen molar-refractivity contribution in [1.29, 1.82) is 0 Å². The number of amides is 1. The van der Waals surface area contributed by atoms with Crippen LogP contribution in [-0.2, 0) is 17.6 Å². The molecule has 1 aromatic heterocycles. The molecule has 27 heavy (non-hydrogen) atoms. The van der Waals surface area contributed by atoms with Crippen LogP contribution in [0.25, 0.3) is 0 Å². The third-order valence-electron chi connectivity index (χ3n) is 6.33. The fourth-order valence-corrected chi connectivity index (χ4v) is 4.82. The molecule has 2 aliphatic rings. The minimum Gasteiger partial charge on any atom is -0.339 e. The van der Waals surface area contributed by atoms with Crippen molar-refractivity contribution >= 4 is 5.91 Å². The van der Waals surface area contributed by atoms with Crippen molar-refractivity contribution in [3.8, 4) is 0 Å². The number of rotatable bonds is 5. The molecule has 1 amide bonds. The molecule has 1 aliphatic carbocycles. The summed E-state index contributed by atoms with van der Waals surface area (Å²) in [6.07, 6.45) is 7.81. The van der Waals surface area contributed by atoms with Crippen molar-refractivity contribution in [2.45, 2.75) is 64.3 Å². The maximum atomic E-state index is 12.9. The van der Waals surface area contributed by atoms with Gasteiger partial charge in [0.15, 0.2) is 5.82 Å². The minimum atomic E-state index is 0.251. The molecule has 0 unspecified atom stereocenters. The Morgan fingerprint density at radius 2 is 2.00 bits per heavy atom. The van der Waals surface area contributed by atoms with Gasteiger partial charge in [-0.3, -0.25) is 4.79 Å². The zero-order chi connectivity index (χ0) is 18.6. The Balaban J connectivity index is 1.33. The van der Waals surface area contributed by atoms with Gasteiger partial charge in [-0.2, -0.15) is 4.98 Å². The highest BCUT2D eigenvalue weighted by Gasteiger charge is 2.39. The number of carbonyl (C=O) groups excluding carboxylic acids is 1. The van der Waals surface area contributed by atoms with E-state index in [0.717, 1.165) is 24.4 Å². The van der Waals surface area contributed by atoms with Gasteiger partial charge in [0, 0.05) is 31.8 Å². The van der Waals surface area contributed by atoms with E-state index in [0.29, 0.717) is 42.9 Å². The molecule has 1 saturated carbocycles. The maximum Gasteiger partial charge on any atom is 0.227 e. The number of hydrogen-bond donors (Lipinski definition) is 0. The first-order valence-electron chi connectivity index (χ1n) is 10.4. The molecule has 0 radical (unpaired) electrons. The van der Waals surface area contributed by atoms with Crippen LogP contribution in [0.3, 0.4) is 0 Å². The summed E-state index contributed by atoms with van der Waals surface area (Å²) in [5, 5.41) is 4.07. The Kier molecular flexibility index (Phi) is 5.55. The van der Waals surface area contributed by atoms with E-state index in [1.807, 2.05) is 18.2 Å². The fourth-order valence-electron chi connectivity index (χ4n) is 4.82. The summed E-state index contributed by atoms with van der Waals surface area (Å²) in [6.45, 7) is 3.27. The van der Waals surface area contributed by atoms with Crippen LogP contribution < -0.4 is 0 Å². The van der Waals surface area contributed by atoms with Crippen LogP contribution in [-0.4, -0.2) is 33.5 Å². The largest absolute Gasteiger partial charge is 0.339 e. The summed E-state index contributed by atoms with van der Waals surface area (Å²) < 4.78 is 5.37. The van der Waals surface area contributed by atoms with Crippen LogP contribution in [0.15, 0.2) is 34.9 Å². The van der Waals surface area contributed by atoms with E-state index >= 15 is 0 Å². The molecule has 0 bridgehead atoms. The molecular formula is C22H29N3O2. The van der Waals surface area contributed by atoms with Gasteiger partial charge in [-0.05, 0) is 36.7 Å². The molecule has 2 heterocycles. The molecule has 5 heteroatoms. The molecule has 2 aromatic rings. The highest BCUT2D eigenvalue weighted by Crippen LogP contribution is 2.39. The van der Waals surface area contributed by atoms with Crippen molar-refractivity contribution in [2.24, 2.45) is 11.8 Å². The highest BCUT2D eigenvalue weighted by molar-refractivity contribution is 5.76. The van der Waals surface area contributed by atoms with Gasteiger partial charge in [0.25, 0.3) is 0 Å². The molecule has 1 aliphatic heterocycles. The Hall–Kier alpha value is -2.17. The van der Waals surface area contributed by atoms with E-state index in [9.17, 15) is 4.79 Å². The van der Waals surface area contributed by atoms with Gasteiger partial charge in [-0.1, -0.05) is 55.3 Å². The van der Waals surface area contributed by atoms with Gasteiger partial charge in [0.1, 0.15) is 0 Å². The zero-order valence-electron chi connectivity index (χ0n) is 16.1. The molecule has 144 valence electrons. The van der Waals surface area contributed by atoms with Gasteiger partial charge in [0.05, 0.1) is 0 Å². The lowest BCUT2D eigenvalue weighted by Gasteiger charge is -2.47. The number of likely N-dealkylation sites (tertiary alicyclic amines) is 1. The van der Waals surface area contributed by atoms with Crippen molar-refractivity contribution in [3.63, 3.8) is 0 Å². The average molecular weight is 367 g/mol. The quantitative estimate of drug-likeness (QED) is 0.801. The second-order valence-electron chi connectivity index (χ2n) is 8.14. The number of piperidine rings is 1. The molecule has 1 saturated heterocycles. The van der Waals surface area contributed by atoms with Gasteiger partial charge in [-0.25, -0.2) is 0 Å². The monoisotopic (exact) mass is 367 g/mol. The van der Waals surface area contributed by atoms with Crippen LogP contribution in [0.2, 0.25) is 0 Å². The Morgan fingerprint density at radius 3 is 2.85 bits per heavy atom. The Bertz CT molecular complexity index is 758. The second kappa shape index (κ2) is 8.24. The standard InChI is InChI=1S/C22H29N3O2/c1-16-13-14-25(19-10-6-5-9-18(16)19)22(26)12-11-21-23-20(24-27-21)15-17-7-3-2-4-8-17/h2-4,7-8,16,18-19H,5-6,9-15H2,1H3/t16-,18+,19-/m1/s1. The summed E-state index contributed by atoms with van der Waals surface area (Å²) in [4.78, 5) is 19.5. The molecule has 1 aromatic carbocycles. The number of aryl methyl sites for hydroxylation is 1. The number of aromatic nitrogens is 2. The van der Waals surface area contributed by atoms with Crippen molar-refractivity contribution < 1.29 is 9.32 Å². The van der Waals surface area contributed by atoms with Gasteiger partial charge < -0.3 is 9.42 Å². The lowest BCUT2D eigenvalue weighted by molar-refractivity contribution is -0.139. The minimum absolute atomic E-state index is 0.251. The van der Waals surface area contributed by atoms with E-state index in [-0.39, 0.29) is 5.91 Å². The molecule has 0 N–H and O–H groups in total. The van der Waals surface area contributed by atoms with E-state index in [1.165, 1.54) is 25.7 Å². The Labute approximate surface area is 161 Å². The smallest absolute Gasteiger partial charge is 0.227 e. The predicted molar refractivity (Wildman–Crippen MR) is 103 cm³/mol. The first kappa shape index (κ1) is 18.2. The third kappa shape index (κ3) is 4.23. The topological polar surface area (TPSA) is 59.2 Å². The van der Waals surface area contributed by atoms with E-state index in [2.05, 4.69) is 34.1 Å². The zero-order valence-corrected chi connectivity index (χ0v) is 16.1. The third-order valence-corrected chi connectivity index (χ3v) is 6.33. The number of nitrogens with zero attached hydrogens (tertiary/aromatic N) is 3. The van der Waals surface area contributed by atoms with Crippen LogP contribution in [0.4, 0.5) is 0 Å². The van der Waals surface area contributed by atoms with Crippen molar-refractivity contribution in [3.05, 3.63) is 47.6 Å². The van der Waals surface area contributed by atoms with E-state index < -0.39 is 0 Å². The Morgan fingerprint density at radius 1 is 1.19 bits per heavy atom. The molecule has 5 nitrogen and oxygen atoms in total. The normalized spacial score (nSPS) is 25.2. The molecule has 4 rings (SSSR count). The molecular weight excluding hydrogens is 338 g/mol. The van der Waals surface area contributed by atoms with Crippen molar-refractivity contribution in [2.75, 3.05) is 6.54 Å². The summed E-state index contributed by atoms with van der Waals surface area (Å²) in [7, 11) is 0. The number of carbonyl (C=O) groups is 1. The molecule has 0 spiro atoms. The van der Waals surface area contributed by atoms with Crippen LogP contribution in [0, 0.1) is 11.8 Å². The lowest BCUT2D eigenvalue weighted by Crippen LogP contribution is -2.52. The molecule has 3 atom stereocenters. The summed E-state index contributed by atoms with van der Waals surface area (Å²) in [5.74, 6) is 2.94. The first-order valence-corrected chi connectivity index (χ1v) is 10.4. The SMILES string of the molecule is C[C@@H]1CCN(C(=O)CCc2nc(Cc3ccccc3)no2)[C@@H]2CCCC[C@@H]12. The van der Waals surface area contributed by atoms with Gasteiger partial charge in [0.2, 0.25) is 11.8 Å².